The van der Waals surface area contributed by atoms with E-state index in [1.165, 1.54) is 0 Å². The molecular formula is C12H16N4S. The zero-order chi connectivity index (χ0) is 12.1. The summed E-state index contributed by atoms with van der Waals surface area (Å²) in [5.74, 6) is 2.81. The van der Waals surface area contributed by atoms with Crippen LogP contribution in [0, 0.1) is 0 Å². The highest BCUT2D eigenvalue weighted by molar-refractivity contribution is 7.99. The highest BCUT2D eigenvalue weighted by atomic mass is 32.2. The number of rotatable bonds is 6. The maximum atomic E-state index is 5.71. The van der Waals surface area contributed by atoms with Gasteiger partial charge in [-0.1, -0.05) is 6.08 Å². The molecule has 4 N–H and O–H groups in total. The Morgan fingerprint density at radius 2 is 2.41 bits per heavy atom. The van der Waals surface area contributed by atoms with Crippen molar-refractivity contribution in [2.45, 2.75) is 0 Å². The Hall–Kier alpha value is -1.62. The minimum Gasteiger partial charge on any atom is -0.399 e. The van der Waals surface area contributed by atoms with Gasteiger partial charge in [0.1, 0.15) is 0 Å². The van der Waals surface area contributed by atoms with Gasteiger partial charge in [-0.05, 0) is 18.2 Å². The maximum absolute atomic E-state index is 5.71. The number of benzene rings is 1. The molecule has 1 heterocycles. The van der Waals surface area contributed by atoms with Crippen LogP contribution in [-0.2, 0) is 0 Å². The number of anilines is 2. The van der Waals surface area contributed by atoms with E-state index in [1.54, 1.807) is 0 Å². The number of aromatic amines is 1. The number of nitrogens with two attached hydrogens (primary N) is 1. The van der Waals surface area contributed by atoms with Crippen molar-refractivity contribution in [3.63, 3.8) is 0 Å². The predicted octanol–water partition coefficient (Wildman–Crippen LogP) is 2.48. The summed E-state index contributed by atoms with van der Waals surface area (Å²) in [5.41, 5.74) is 8.35. The monoisotopic (exact) mass is 248 g/mol. The maximum Gasteiger partial charge on any atom is 0.201 e. The van der Waals surface area contributed by atoms with Gasteiger partial charge in [0, 0.05) is 23.7 Å². The molecule has 0 amide bonds. The second-order valence-corrected chi connectivity index (χ2v) is 4.80. The lowest BCUT2D eigenvalue weighted by molar-refractivity contribution is 1.16. The number of nitrogens with one attached hydrogen (secondary N) is 2. The van der Waals surface area contributed by atoms with Gasteiger partial charge in [-0.25, -0.2) is 4.98 Å². The number of nitrogen functional groups attached to an aromatic ring is 1. The van der Waals surface area contributed by atoms with Crippen LogP contribution in [0.4, 0.5) is 11.6 Å². The fraction of sp³-hybridized carbons (Fsp3) is 0.250. The summed E-state index contributed by atoms with van der Waals surface area (Å²) in [5, 5.41) is 3.25. The molecule has 0 radical (unpaired) electrons. The Morgan fingerprint density at radius 1 is 1.53 bits per heavy atom. The van der Waals surface area contributed by atoms with Gasteiger partial charge >= 0.3 is 0 Å². The summed E-state index contributed by atoms with van der Waals surface area (Å²) in [6.45, 7) is 4.56. The van der Waals surface area contributed by atoms with Crippen molar-refractivity contribution < 1.29 is 0 Å². The Balaban J connectivity index is 1.93. The van der Waals surface area contributed by atoms with Gasteiger partial charge in [0.25, 0.3) is 0 Å². The predicted molar refractivity (Wildman–Crippen MR) is 76.5 cm³/mol. The van der Waals surface area contributed by atoms with Crippen molar-refractivity contribution in [3.05, 3.63) is 30.9 Å². The van der Waals surface area contributed by atoms with E-state index in [0.717, 1.165) is 40.7 Å². The van der Waals surface area contributed by atoms with Gasteiger partial charge in [0.05, 0.1) is 11.0 Å². The number of thioether (sulfide) groups is 1. The van der Waals surface area contributed by atoms with E-state index in [4.69, 9.17) is 5.73 Å². The second-order valence-electron chi connectivity index (χ2n) is 3.65. The minimum absolute atomic E-state index is 0.745. The summed E-state index contributed by atoms with van der Waals surface area (Å²) in [7, 11) is 0. The van der Waals surface area contributed by atoms with Crippen LogP contribution in [0.3, 0.4) is 0 Å². The Labute approximate surface area is 105 Å². The summed E-state index contributed by atoms with van der Waals surface area (Å²) in [6, 6.07) is 5.66. The second kappa shape index (κ2) is 5.63. The fourth-order valence-electron chi connectivity index (χ4n) is 1.52. The van der Waals surface area contributed by atoms with Crippen LogP contribution in [-0.4, -0.2) is 28.0 Å². The smallest absolute Gasteiger partial charge is 0.201 e. The molecule has 0 unspecified atom stereocenters. The number of H-pyrrole nitrogens is 1. The number of nitrogens with zero attached hydrogens (tertiary/aromatic N) is 1. The molecule has 90 valence electrons. The first-order chi connectivity index (χ1) is 8.29. The molecule has 17 heavy (non-hydrogen) atoms. The lowest BCUT2D eigenvalue weighted by atomic mass is 10.3. The summed E-state index contributed by atoms with van der Waals surface area (Å²) in [4.78, 5) is 7.62. The first-order valence-electron chi connectivity index (χ1n) is 5.47. The van der Waals surface area contributed by atoms with E-state index < -0.39 is 0 Å². The normalized spacial score (nSPS) is 10.6. The molecule has 0 aliphatic heterocycles. The van der Waals surface area contributed by atoms with E-state index in [1.807, 2.05) is 36.0 Å². The van der Waals surface area contributed by atoms with Crippen molar-refractivity contribution >= 4 is 34.4 Å². The molecule has 0 fully saturated rings. The Bertz CT molecular complexity index is 506. The standard InChI is InChI=1S/C12H16N4S/c1-2-6-17-7-5-14-12-15-10-4-3-9(13)8-11(10)16-12/h2-4,8H,1,5-7,13H2,(H2,14,15,16). The molecule has 2 rings (SSSR count). The molecule has 5 heteroatoms. The molecule has 1 aromatic carbocycles. The zero-order valence-corrected chi connectivity index (χ0v) is 10.4. The summed E-state index contributed by atoms with van der Waals surface area (Å²) < 4.78 is 0. The molecule has 4 nitrogen and oxygen atoms in total. The Kier molecular flexibility index (Phi) is 3.93. The molecule has 0 aliphatic rings. The molecule has 0 spiro atoms. The number of hydrogen-bond acceptors (Lipinski definition) is 4. The van der Waals surface area contributed by atoms with Crippen molar-refractivity contribution in [2.24, 2.45) is 0 Å². The molecule has 0 saturated heterocycles. The summed E-state index contributed by atoms with van der Waals surface area (Å²) in [6.07, 6.45) is 1.91. The van der Waals surface area contributed by atoms with E-state index in [9.17, 15) is 0 Å². The highest BCUT2D eigenvalue weighted by Gasteiger charge is 2.01. The molecular weight excluding hydrogens is 232 g/mol. The van der Waals surface area contributed by atoms with Gasteiger partial charge in [-0.3, -0.25) is 0 Å². The van der Waals surface area contributed by atoms with E-state index in [0.29, 0.717) is 0 Å². The van der Waals surface area contributed by atoms with Crippen molar-refractivity contribution in [3.8, 4) is 0 Å². The zero-order valence-electron chi connectivity index (χ0n) is 9.57. The minimum atomic E-state index is 0.745. The molecule has 0 atom stereocenters. The van der Waals surface area contributed by atoms with Gasteiger partial charge in [0.15, 0.2) is 0 Å². The van der Waals surface area contributed by atoms with Crippen LogP contribution < -0.4 is 11.1 Å². The first-order valence-corrected chi connectivity index (χ1v) is 6.63. The number of aromatic nitrogens is 2. The number of imidazole rings is 1. The van der Waals surface area contributed by atoms with Crippen molar-refractivity contribution in [1.82, 2.24) is 9.97 Å². The van der Waals surface area contributed by atoms with Crippen molar-refractivity contribution in [2.75, 3.05) is 29.1 Å². The van der Waals surface area contributed by atoms with E-state index >= 15 is 0 Å². The highest BCUT2D eigenvalue weighted by Crippen LogP contribution is 2.16. The number of hydrogen-bond donors (Lipinski definition) is 3. The van der Waals surface area contributed by atoms with Gasteiger partial charge in [-0.15, -0.1) is 6.58 Å². The fourth-order valence-corrected chi connectivity index (χ4v) is 2.10. The Morgan fingerprint density at radius 3 is 3.24 bits per heavy atom. The average molecular weight is 248 g/mol. The molecule has 0 bridgehead atoms. The number of fused-ring (bicyclic) bond motifs is 1. The van der Waals surface area contributed by atoms with Gasteiger partial charge in [0.2, 0.25) is 5.95 Å². The average Bonchev–Trinajstić information content (AvgIpc) is 2.70. The van der Waals surface area contributed by atoms with E-state index in [-0.39, 0.29) is 0 Å². The van der Waals surface area contributed by atoms with Gasteiger partial charge < -0.3 is 16.0 Å². The molecule has 0 saturated carbocycles. The third-order valence-electron chi connectivity index (χ3n) is 2.28. The molecule has 2 aromatic rings. The lowest BCUT2D eigenvalue weighted by Gasteiger charge is -2.00. The third-order valence-corrected chi connectivity index (χ3v) is 3.24. The van der Waals surface area contributed by atoms with Crippen LogP contribution >= 0.6 is 11.8 Å². The SMILES string of the molecule is C=CCSCCNc1nc2ccc(N)cc2[nH]1. The van der Waals surface area contributed by atoms with Crippen LogP contribution in [0.2, 0.25) is 0 Å². The lowest BCUT2D eigenvalue weighted by Crippen LogP contribution is -2.05. The van der Waals surface area contributed by atoms with Crippen LogP contribution in [0.1, 0.15) is 0 Å². The van der Waals surface area contributed by atoms with Gasteiger partial charge in [-0.2, -0.15) is 11.8 Å². The molecule has 1 aromatic heterocycles. The largest absolute Gasteiger partial charge is 0.399 e. The van der Waals surface area contributed by atoms with Crippen molar-refractivity contribution in [1.29, 1.82) is 0 Å². The topological polar surface area (TPSA) is 66.7 Å². The van der Waals surface area contributed by atoms with E-state index in [2.05, 4.69) is 21.9 Å². The van der Waals surface area contributed by atoms with Crippen LogP contribution in [0.25, 0.3) is 11.0 Å². The third kappa shape index (κ3) is 3.17. The first kappa shape index (κ1) is 11.9. The quantitative estimate of drug-likeness (QED) is 0.417. The summed E-state index contributed by atoms with van der Waals surface area (Å²) >= 11 is 1.84. The molecule has 0 aliphatic carbocycles. The van der Waals surface area contributed by atoms with Crippen LogP contribution in [0.15, 0.2) is 30.9 Å². The van der Waals surface area contributed by atoms with Crippen LogP contribution in [0.5, 0.6) is 0 Å².